The number of nitrogens with one attached hydrogen (secondary N) is 1. The van der Waals surface area contributed by atoms with Gasteiger partial charge in [0.25, 0.3) is 0 Å². The number of nitrogen functional groups attached to an aromatic ring is 1. The molecule has 0 atom stereocenters. The Hall–Kier alpha value is -2.38. The van der Waals surface area contributed by atoms with Gasteiger partial charge < -0.3 is 20.2 Å². The lowest BCUT2D eigenvalue weighted by Crippen LogP contribution is -2.08. The van der Waals surface area contributed by atoms with Gasteiger partial charge in [0.15, 0.2) is 0 Å². The van der Waals surface area contributed by atoms with E-state index in [1.807, 2.05) is 13.8 Å². The maximum absolute atomic E-state index is 5.51. The van der Waals surface area contributed by atoms with Crippen molar-refractivity contribution in [3.8, 4) is 6.01 Å². The van der Waals surface area contributed by atoms with Crippen LogP contribution in [0.15, 0.2) is 4.42 Å². The Morgan fingerprint density at radius 1 is 1.22 bits per heavy atom. The molecule has 0 aliphatic rings. The smallest absolute Gasteiger partial charge is 0.322 e. The topological polar surface area (TPSA) is 112 Å². The molecule has 0 unspecified atom stereocenters. The minimum absolute atomic E-state index is 0.0871. The fourth-order valence-corrected chi connectivity index (χ4v) is 1.31. The van der Waals surface area contributed by atoms with Gasteiger partial charge in [0.05, 0.1) is 19.3 Å². The van der Waals surface area contributed by atoms with Crippen molar-refractivity contribution < 1.29 is 9.15 Å². The highest BCUT2D eigenvalue weighted by Crippen LogP contribution is 2.11. The molecule has 0 saturated carbocycles. The second-order valence-corrected chi connectivity index (χ2v) is 3.61. The molecule has 2 aromatic rings. The fraction of sp³-hybridized carbons (Fsp3) is 0.400. The Bertz CT molecular complexity index is 534. The number of aryl methyl sites for hydroxylation is 2. The SMILES string of the molecule is COc1nc(N)nc(NCc2nc(C)c(C)o2)n1. The zero-order valence-corrected chi connectivity index (χ0v) is 10.4. The van der Waals surface area contributed by atoms with E-state index < -0.39 is 0 Å². The highest BCUT2D eigenvalue weighted by atomic mass is 16.5. The summed E-state index contributed by atoms with van der Waals surface area (Å²) in [5.41, 5.74) is 6.37. The van der Waals surface area contributed by atoms with E-state index in [-0.39, 0.29) is 12.0 Å². The van der Waals surface area contributed by atoms with Crippen LogP contribution in [-0.4, -0.2) is 27.0 Å². The van der Waals surface area contributed by atoms with Gasteiger partial charge in [-0.2, -0.15) is 15.0 Å². The van der Waals surface area contributed by atoms with E-state index in [1.54, 1.807) is 0 Å². The summed E-state index contributed by atoms with van der Waals surface area (Å²) in [4.78, 5) is 15.9. The van der Waals surface area contributed by atoms with Gasteiger partial charge in [-0.1, -0.05) is 0 Å². The molecule has 2 rings (SSSR count). The Morgan fingerprint density at radius 2 is 2.00 bits per heavy atom. The minimum Gasteiger partial charge on any atom is -0.467 e. The number of ether oxygens (including phenoxy) is 1. The molecule has 0 aliphatic carbocycles. The molecule has 0 spiro atoms. The number of hydrogen-bond donors (Lipinski definition) is 2. The number of methoxy groups -OCH3 is 1. The zero-order valence-electron chi connectivity index (χ0n) is 10.4. The van der Waals surface area contributed by atoms with Crippen molar-refractivity contribution in [3.05, 3.63) is 17.3 Å². The lowest BCUT2D eigenvalue weighted by molar-refractivity contribution is 0.379. The molecule has 0 radical (unpaired) electrons. The normalized spacial score (nSPS) is 10.4. The predicted molar refractivity (Wildman–Crippen MR) is 64.1 cm³/mol. The molecular weight excluding hydrogens is 236 g/mol. The average Bonchev–Trinajstić information content (AvgIpc) is 2.65. The summed E-state index contributed by atoms with van der Waals surface area (Å²) in [6, 6.07) is 0.157. The number of hydrogen-bond acceptors (Lipinski definition) is 8. The summed E-state index contributed by atoms with van der Waals surface area (Å²) in [6.07, 6.45) is 0. The van der Waals surface area contributed by atoms with Crippen LogP contribution in [0.1, 0.15) is 17.3 Å². The molecule has 2 aromatic heterocycles. The second-order valence-electron chi connectivity index (χ2n) is 3.61. The molecule has 0 fully saturated rings. The molecule has 3 N–H and O–H groups in total. The lowest BCUT2D eigenvalue weighted by atomic mass is 10.4. The number of oxazole rings is 1. The van der Waals surface area contributed by atoms with Gasteiger partial charge in [-0.3, -0.25) is 0 Å². The molecule has 0 amide bonds. The van der Waals surface area contributed by atoms with Crippen LogP contribution in [0.2, 0.25) is 0 Å². The average molecular weight is 250 g/mol. The van der Waals surface area contributed by atoms with E-state index in [1.165, 1.54) is 7.11 Å². The second kappa shape index (κ2) is 4.86. The molecule has 2 heterocycles. The third kappa shape index (κ3) is 2.65. The molecular formula is C10H14N6O2. The van der Waals surface area contributed by atoms with Crippen molar-refractivity contribution in [2.24, 2.45) is 0 Å². The summed E-state index contributed by atoms with van der Waals surface area (Å²) in [5, 5.41) is 2.94. The van der Waals surface area contributed by atoms with Crippen molar-refractivity contribution in [2.75, 3.05) is 18.2 Å². The van der Waals surface area contributed by atoms with Gasteiger partial charge in [0, 0.05) is 0 Å². The number of nitrogens with zero attached hydrogens (tertiary/aromatic N) is 4. The maximum Gasteiger partial charge on any atom is 0.322 e. The number of aromatic nitrogens is 4. The van der Waals surface area contributed by atoms with E-state index in [0.29, 0.717) is 18.4 Å². The number of nitrogens with two attached hydrogens (primary N) is 1. The summed E-state index contributed by atoms with van der Waals surface area (Å²) >= 11 is 0. The third-order valence-electron chi connectivity index (χ3n) is 2.29. The van der Waals surface area contributed by atoms with Crippen LogP contribution >= 0.6 is 0 Å². The highest BCUT2D eigenvalue weighted by Gasteiger charge is 2.08. The van der Waals surface area contributed by atoms with E-state index in [4.69, 9.17) is 14.9 Å². The third-order valence-corrected chi connectivity index (χ3v) is 2.29. The molecule has 8 heteroatoms. The predicted octanol–water partition coefficient (Wildman–Crippen LogP) is 0.679. The van der Waals surface area contributed by atoms with Crippen molar-refractivity contribution >= 4 is 11.9 Å². The first-order valence-electron chi connectivity index (χ1n) is 5.31. The Labute approximate surface area is 104 Å². The first-order chi connectivity index (χ1) is 8.58. The number of rotatable bonds is 4. The summed E-state index contributed by atoms with van der Waals surface area (Å²) < 4.78 is 10.3. The molecule has 96 valence electrons. The Morgan fingerprint density at radius 3 is 2.61 bits per heavy atom. The standard InChI is InChI=1S/C10H14N6O2/c1-5-6(2)18-7(13-5)4-12-9-14-8(11)15-10(16-9)17-3/h4H2,1-3H3,(H3,11,12,14,15,16). The van der Waals surface area contributed by atoms with Crippen LogP contribution in [0.25, 0.3) is 0 Å². The quantitative estimate of drug-likeness (QED) is 0.814. The lowest BCUT2D eigenvalue weighted by Gasteiger charge is -2.04. The Balaban J connectivity index is 2.07. The van der Waals surface area contributed by atoms with Gasteiger partial charge >= 0.3 is 6.01 Å². The first kappa shape index (κ1) is 12.1. The molecule has 8 nitrogen and oxygen atoms in total. The van der Waals surface area contributed by atoms with E-state index >= 15 is 0 Å². The van der Waals surface area contributed by atoms with Crippen molar-refractivity contribution in [2.45, 2.75) is 20.4 Å². The maximum atomic E-state index is 5.51. The van der Waals surface area contributed by atoms with Crippen LogP contribution < -0.4 is 15.8 Å². The molecule has 0 bridgehead atoms. The van der Waals surface area contributed by atoms with E-state index in [0.717, 1.165) is 11.5 Å². The summed E-state index contributed by atoms with van der Waals surface area (Å²) in [5.74, 6) is 1.75. The summed E-state index contributed by atoms with van der Waals surface area (Å²) in [7, 11) is 1.46. The first-order valence-corrected chi connectivity index (χ1v) is 5.31. The number of anilines is 2. The Kier molecular flexibility index (Phi) is 3.26. The van der Waals surface area contributed by atoms with Gasteiger partial charge in [-0.25, -0.2) is 4.98 Å². The van der Waals surface area contributed by atoms with Gasteiger partial charge in [-0.15, -0.1) is 0 Å². The molecule has 0 aromatic carbocycles. The van der Waals surface area contributed by atoms with E-state index in [9.17, 15) is 0 Å². The molecule has 0 aliphatic heterocycles. The van der Waals surface area contributed by atoms with Crippen LogP contribution in [-0.2, 0) is 6.54 Å². The molecule has 0 saturated heterocycles. The van der Waals surface area contributed by atoms with E-state index in [2.05, 4.69) is 25.3 Å². The highest BCUT2D eigenvalue weighted by molar-refractivity contribution is 5.32. The monoisotopic (exact) mass is 250 g/mol. The van der Waals surface area contributed by atoms with Crippen LogP contribution in [0.3, 0.4) is 0 Å². The fourth-order valence-electron chi connectivity index (χ4n) is 1.31. The van der Waals surface area contributed by atoms with Crippen LogP contribution in [0.5, 0.6) is 6.01 Å². The van der Waals surface area contributed by atoms with Crippen molar-refractivity contribution in [1.29, 1.82) is 0 Å². The van der Waals surface area contributed by atoms with Crippen LogP contribution in [0, 0.1) is 13.8 Å². The summed E-state index contributed by atoms with van der Waals surface area (Å²) in [6.45, 7) is 4.10. The van der Waals surface area contributed by atoms with Crippen molar-refractivity contribution in [3.63, 3.8) is 0 Å². The minimum atomic E-state index is 0.0871. The zero-order chi connectivity index (χ0) is 13.1. The van der Waals surface area contributed by atoms with Crippen LogP contribution in [0.4, 0.5) is 11.9 Å². The largest absolute Gasteiger partial charge is 0.467 e. The molecule has 18 heavy (non-hydrogen) atoms. The van der Waals surface area contributed by atoms with Gasteiger partial charge in [-0.05, 0) is 13.8 Å². The van der Waals surface area contributed by atoms with Crippen molar-refractivity contribution in [1.82, 2.24) is 19.9 Å². The van der Waals surface area contributed by atoms with Gasteiger partial charge in [0.1, 0.15) is 5.76 Å². The van der Waals surface area contributed by atoms with Gasteiger partial charge in [0.2, 0.25) is 17.8 Å².